The number of carbonyl (C=O) groups is 15. The van der Waals surface area contributed by atoms with E-state index < -0.39 is 77.5 Å². The Balaban J connectivity index is 0.000000252. The normalized spacial score (nSPS) is 14.9. The lowest BCUT2D eigenvalue weighted by Crippen LogP contribution is -2.54. The molecule has 8 heterocycles. The zero-order valence-corrected chi connectivity index (χ0v) is 78.9. The average molecular weight is 2000 g/mol. The van der Waals surface area contributed by atoms with E-state index in [1.54, 1.807) is 81.0 Å². The van der Waals surface area contributed by atoms with E-state index in [0.717, 1.165) is 33.2 Å². The predicted molar refractivity (Wildman–Crippen MR) is 516 cm³/mol. The van der Waals surface area contributed by atoms with Crippen LogP contribution in [-0.4, -0.2) is 288 Å². The van der Waals surface area contributed by atoms with Crippen LogP contribution >= 0.6 is 0 Å². The lowest BCUT2D eigenvalue weighted by molar-refractivity contribution is -0.192. The standard InChI is InChI=1S/C49H54N6O12.C26H35N3O9.C21H19N5O4.C2HF3O2.2CH4/c1-53-36-14-5-4-12-34(36)47(60)54(2)38-29-50-42(51-45(38)53)28-32-18-17-31(27-41(32)63-3)39(57)15-7-9-22-65-24-26-66-25-23-64-21-8-6-11-33(56)30-67-40-16-10-13-35-44(40)49(62)55(48(35)61)37-19-20-43(58)52-46(37)59;27-10-4-12-36-14-16-37-15-13-35-11-2-1-5-18(30)17-38-21-7-3-6-19-23(21)26(34)29(25(19)33)20-8-9-22(31)28-24(20)32;1-25-15-7-5-4-6-13(15)19(27)26(2)16-11-22-21(24-18(16)25)23-14-9-8-12(20(28)29)10-17(14)30-3;3-2(4,5)1(6)7;;/h4-5,10,12-14,16-18,27,29,37H,6-9,11,15,19-26,28,30H2,1-3H3,(H,52,58,59);3,6-7,20H,1-2,4-5,8-17,27H2,(H,28,31,32);4-11H,1-3H3,(H,28,29)(H,22,23,24);(H,6,7);2*1H4. The molecule has 770 valence electrons. The number of para-hydroxylation sites is 2. The summed E-state index contributed by atoms with van der Waals surface area (Å²) in [5, 5.41) is 23.7. The van der Waals surface area contributed by atoms with E-state index in [9.17, 15) is 80.3 Å². The molecule has 44 heteroatoms. The molecule has 8 aromatic rings. The number of benzene rings is 6. The number of hydrogen-bond donors (Lipinski definition) is 6. The summed E-state index contributed by atoms with van der Waals surface area (Å²) in [5.41, 5.74) is 11.4. The number of hydrogen-bond acceptors (Lipinski definition) is 33. The van der Waals surface area contributed by atoms with E-state index in [4.69, 9.17) is 73.1 Å². The minimum absolute atomic E-state index is 0. The number of alkyl halides is 3. The second kappa shape index (κ2) is 54.3. The molecule has 0 aliphatic carbocycles. The van der Waals surface area contributed by atoms with Crippen molar-refractivity contribution in [3.05, 3.63) is 190 Å². The number of carboxylic acids is 2. The number of Topliss-reactive ketones (excluding diaryl/α,β-unsaturated/α-hetero) is 3. The van der Waals surface area contributed by atoms with Crippen LogP contribution in [0.4, 0.5) is 59.2 Å². The number of imide groups is 4. The lowest BCUT2D eigenvalue weighted by Gasteiger charge is -2.27. The Bertz CT molecular complexity index is 5990. The van der Waals surface area contributed by atoms with Crippen LogP contribution in [0.15, 0.2) is 134 Å². The summed E-state index contributed by atoms with van der Waals surface area (Å²) in [7, 11) is 10.1. The Kier molecular flexibility index (Phi) is 42.5. The molecule has 0 bridgehead atoms. The first-order valence-electron chi connectivity index (χ1n) is 45.5. The van der Waals surface area contributed by atoms with Gasteiger partial charge in [-0.1, -0.05) is 63.4 Å². The van der Waals surface area contributed by atoms with Crippen molar-refractivity contribution in [3.63, 3.8) is 0 Å². The number of piperidine rings is 2. The number of ether oxygens (including phenoxy) is 10. The number of aliphatic carboxylic acids is 1. The van der Waals surface area contributed by atoms with Crippen LogP contribution in [-0.2, 0) is 68.4 Å². The number of aromatic nitrogens is 4. The molecule has 6 aliphatic rings. The van der Waals surface area contributed by atoms with Crippen LogP contribution in [0.5, 0.6) is 23.0 Å². The Morgan fingerprint density at radius 2 is 0.861 bits per heavy atom. The summed E-state index contributed by atoms with van der Waals surface area (Å²) in [5.74, 6) is -6.25. The molecule has 6 aromatic carbocycles. The number of anilines is 8. The van der Waals surface area contributed by atoms with Crippen LogP contribution in [0.3, 0.4) is 0 Å². The Labute approximate surface area is 827 Å². The number of fused-ring (bicyclic) bond motifs is 6. The number of carboxylic acid groups (broad SMARTS) is 2. The predicted octanol–water partition coefficient (Wildman–Crippen LogP) is 10.9. The van der Waals surface area contributed by atoms with E-state index >= 15 is 0 Å². The maximum absolute atomic E-state index is 13.2. The zero-order chi connectivity index (χ0) is 102. The van der Waals surface area contributed by atoms with Gasteiger partial charge in [0.05, 0.1) is 135 Å². The molecule has 2 unspecified atom stereocenters. The monoisotopic (exact) mass is 2000 g/mol. The van der Waals surface area contributed by atoms with Crippen molar-refractivity contribution in [3.8, 4) is 23.0 Å². The smallest absolute Gasteiger partial charge is 0.490 e. The first-order chi connectivity index (χ1) is 68.2. The van der Waals surface area contributed by atoms with Gasteiger partial charge < -0.3 is 88.2 Å². The summed E-state index contributed by atoms with van der Waals surface area (Å²) < 4.78 is 87.1. The number of nitrogens with two attached hydrogens (primary N) is 1. The first kappa shape index (κ1) is 113. The van der Waals surface area contributed by atoms with Gasteiger partial charge in [0.25, 0.3) is 35.4 Å². The molecule has 2 fully saturated rings. The van der Waals surface area contributed by atoms with Gasteiger partial charge >= 0.3 is 18.1 Å². The van der Waals surface area contributed by atoms with Crippen LogP contribution in [0.2, 0.25) is 0 Å². The fourth-order valence-corrected chi connectivity index (χ4v) is 15.5. The molecule has 6 aliphatic heterocycles. The number of nitrogens with one attached hydrogen (secondary N) is 3. The van der Waals surface area contributed by atoms with Crippen LogP contribution in [0.25, 0.3) is 0 Å². The number of ketones is 3. The van der Waals surface area contributed by atoms with E-state index in [-0.39, 0.29) is 141 Å². The van der Waals surface area contributed by atoms with E-state index in [2.05, 4.69) is 30.9 Å². The number of unbranched alkanes of at least 4 members (excludes halogenated alkanes) is 3. The zero-order valence-electron chi connectivity index (χ0n) is 78.9. The van der Waals surface area contributed by atoms with Crippen LogP contribution < -0.4 is 60.2 Å². The third-order valence-electron chi connectivity index (χ3n) is 23.0. The molecule has 0 spiro atoms. The minimum Gasteiger partial charge on any atom is -0.496 e. The van der Waals surface area contributed by atoms with Gasteiger partial charge in [0.2, 0.25) is 29.6 Å². The number of nitrogens with zero attached hydrogens (tertiary/aromatic N) is 10. The van der Waals surface area contributed by atoms with Crippen molar-refractivity contribution < 1.29 is 143 Å². The van der Waals surface area contributed by atoms with Crippen molar-refractivity contribution in [1.82, 2.24) is 40.4 Å². The number of carbonyl (C=O) groups excluding carboxylic acids is 13. The van der Waals surface area contributed by atoms with Gasteiger partial charge in [0.1, 0.15) is 65.5 Å². The van der Waals surface area contributed by atoms with Crippen molar-refractivity contribution in [1.29, 1.82) is 0 Å². The van der Waals surface area contributed by atoms with Gasteiger partial charge in [-0.15, -0.1) is 0 Å². The SMILES string of the molecule is C.C.COc1cc(C(=O)CCCCOCCOCCOCCCCC(=O)COc2cccc3c2C(=O)N(C2CCC(=O)NC2=O)C3=O)ccc1Cc1ncc2c(n1)N(C)c1ccccc1C(=O)N2C.COc1cc(C(=O)O)ccc1Nc1ncc2c(n1)N(C)c1ccccc1C(=O)N2C.NCCCOCCOCCOCCCCC(=O)COc1cccc2c1C(=O)N(C1CCC(=O)NC1=O)C2=O.O=C(O)C(F)(F)F. The fourth-order valence-electron chi connectivity index (χ4n) is 15.5. The second-order valence-electron chi connectivity index (χ2n) is 32.6. The topological polar surface area (TPSA) is 522 Å². The summed E-state index contributed by atoms with van der Waals surface area (Å²) in [6.07, 6.45) is 4.30. The largest absolute Gasteiger partial charge is 0.496 e. The molecule has 41 nitrogen and oxygen atoms in total. The molecule has 0 radical (unpaired) electrons. The van der Waals surface area contributed by atoms with E-state index in [1.165, 1.54) is 48.4 Å². The average Bonchev–Trinajstić information content (AvgIpc) is 1.61. The highest BCUT2D eigenvalue weighted by molar-refractivity contribution is 6.26. The molecule has 144 heavy (non-hydrogen) atoms. The molecule has 2 atom stereocenters. The van der Waals surface area contributed by atoms with Crippen molar-refractivity contribution in [2.75, 3.05) is 166 Å². The number of halogens is 3. The van der Waals surface area contributed by atoms with Crippen molar-refractivity contribution in [2.45, 2.75) is 129 Å². The number of aromatic carboxylic acids is 1. The first-order valence-corrected chi connectivity index (χ1v) is 45.5. The maximum Gasteiger partial charge on any atom is 0.490 e. The number of rotatable bonds is 46. The van der Waals surface area contributed by atoms with Crippen molar-refractivity contribution in [2.24, 2.45) is 5.73 Å². The van der Waals surface area contributed by atoms with Gasteiger partial charge in [-0.2, -0.15) is 18.2 Å². The third-order valence-corrected chi connectivity index (χ3v) is 23.0. The highest BCUT2D eigenvalue weighted by Gasteiger charge is 2.48. The molecule has 10 amide bonds. The maximum atomic E-state index is 13.2. The van der Waals surface area contributed by atoms with E-state index in [0.29, 0.717) is 200 Å². The Morgan fingerprint density at radius 3 is 1.30 bits per heavy atom. The molecule has 2 saturated heterocycles. The number of amides is 10. The highest BCUT2D eigenvalue weighted by Crippen LogP contribution is 2.42. The quantitative estimate of drug-likeness (QED) is 0.0117. The van der Waals surface area contributed by atoms with Crippen LogP contribution in [0, 0.1) is 0 Å². The summed E-state index contributed by atoms with van der Waals surface area (Å²) in [6.45, 7) is 5.71. The second-order valence-corrected chi connectivity index (χ2v) is 32.6. The van der Waals surface area contributed by atoms with Gasteiger partial charge in [-0.05, 0) is 137 Å². The Hall–Kier alpha value is -15.0. The minimum atomic E-state index is -5.08. The van der Waals surface area contributed by atoms with Gasteiger partial charge in [-0.3, -0.25) is 82.8 Å². The molecular weight excluding hydrogens is 1890 g/mol. The molecule has 2 aromatic heterocycles. The summed E-state index contributed by atoms with van der Waals surface area (Å²) >= 11 is 0. The van der Waals surface area contributed by atoms with Crippen LogP contribution in [0.1, 0.15) is 199 Å². The Morgan fingerprint density at radius 1 is 0.451 bits per heavy atom. The van der Waals surface area contributed by atoms with Crippen molar-refractivity contribution >= 4 is 134 Å². The number of methoxy groups -OCH3 is 2. The highest BCUT2D eigenvalue weighted by atomic mass is 19.4. The third kappa shape index (κ3) is 29.4. The summed E-state index contributed by atoms with van der Waals surface area (Å²) in [6, 6.07) is 31.5. The molecule has 0 saturated carbocycles. The summed E-state index contributed by atoms with van der Waals surface area (Å²) in [4.78, 5) is 211. The fraction of sp³-hybridized carbons (Fsp3) is 0.410. The van der Waals surface area contributed by atoms with E-state index in [1.807, 2.05) is 66.4 Å². The van der Waals surface area contributed by atoms with Gasteiger partial charge in [-0.25, -0.2) is 24.5 Å². The van der Waals surface area contributed by atoms with Gasteiger partial charge in [0, 0.05) is 104 Å². The lowest BCUT2D eigenvalue weighted by atomic mass is 10.0. The molecule has 7 N–H and O–H groups in total. The molecular formula is C100H117F3N14O27. The molecule has 14 rings (SSSR count). The van der Waals surface area contributed by atoms with Gasteiger partial charge in [0.15, 0.2) is 29.0 Å².